The molecule has 1 heterocycles. The first-order valence-electron chi connectivity index (χ1n) is 7.93. The molecule has 0 aromatic carbocycles. The molecule has 1 rings (SSSR count). The molecule has 0 bridgehead atoms. The van der Waals surface area contributed by atoms with Crippen LogP contribution in [0.25, 0.3) is 0 Å². The van der Waals surface area contributed by atoms with E-state index in [1.54, 1.807) is 14.0 Å². The predicted octanol–water partition coefficient (Wildman–Crippen LogP) is 4.13. The van der Waals surface area contributed by atoms with Gasteiger partial charge in [0.2, 0.25) is 0 Å². The molecule has 0 radical (unpaired) electrons. The Kier molecular flexibility index (Phi) is 6.21. The fraction of sp³-hybridized carbons (Fsp3) is 0.941. The van der Waals surface area contributed by atoms with Gasteiger partial charge in [-0.1, -0.05) is 32.6 Å². The Morgan fingerprint density at radius 1 is 1.35 bits per heavy atom. The summed E-state index contributed by atoms with van der Waals surface area (Å²) in [6, 6.07) is 0. The van der Waals surface area contributed by atoms with E-state index in [0.717, 1.165) is 25.2 Å². The van der Waals surface area contributed by atoms with Gasteiger partial charge in [-0.2, -0.15) is 0 Å². The second kappa shape index (κ2) is 7.04. The number of ether oxygens (including phenoxy) is 2. The van der Waals surface area contributed by atoms with Crippen LogP contribution in [0, 0.1) is 5.92 Å². The van der Waals surface area contributed by atoms with Gasteiger partial charge in [0.1, 0.15) is 6.10 Å². The Bertz CT molecular complexity index is 324. The molecule has 0 aromatic heterocycles. The van der Waals surface area contributed by atoms with Gasteiger partial charge in [-0.3, -0.25) is 4.79 Å². The molecular weight excluding hydrogens is 252 g/mol. The Morgan fingerprint density at radius 2 is 1.95 bits per heavy atom. The maximum Gasteiger partial charge on any atom is 0.161 e. The first kappa shape index (κ1) is 17.6. The Labute approximate surface area is 124 Å². The van der Waals surface area contributed by atoms with Gasteiger partial charge in [-0.25, -0.2) is 0 Å². The number of hydrogen-bond acceptors (Lipinski definition) is 3. The largest absolute Gasteiger partial charge is 0.379 e. The van der Waals surface area contributed by atoms with Crippen LogP contribution in [-0.2, 0) is 14.3 Å². The average molecular weight is 284 g/mol. The molecule has 3 unspecified atom stereocenters. The summed E-state index contributed by atoms with van der Waals surface area (Å²) in [5.74, 6) is 0.906. The lowest BCUT2D eigenvalue weighted by Crippen LogP contribution is -2.22. The summed E-state index contributed by atoms with van der Waals surface area (Å²) in [4.78, 5) is 11.2. The van der Waals surface area contributed by atoms with Crippen LogP contribution in [0.1, 0.15) is 73.1 Å². The van der Waals surface area contributed by atoms with E-state index in [1.165, 1.54) is 19.3 Å². The lowest BCUT2D eigenvalue weighted by molar-refractivity contribution is -0.118. The quantitative estimate of drug-likeness (QED) is 0.566. The van der Waals surface area contributed by atoms with Gasteiger partial charge in [0, 0.05) is 7.11 Å². The Balaban J connectivity index is 2.09. The van der Waals surface area contributed by atoms with E-state index in [2.05, 4.69) is 27.7 Å². The van der Waals surface area contributed by atoms with Crippen molar-refractivity contribution in [3.8, 4) is 0 Å². The van der Waals surface area contributed by atoms with Crippen LogP contribution in [0.5, 0.6) is 0 Å². The zero-order valence-corrected chi connectivity index (χ0v) is 14.1. The molecule has 1 aliphatic heterocycles. The highest BCUT2D eigenvalue weighted by Gasteiger charge is 2.54. The molecule has 0 aromatic rings. The first-order valence-corrected chi connectivity index (χ1v) is 7.93. The average Bonchev–Trinajstić information content (AvgIpc) is 3.02. The molecule has 118 valence electrons. The number of ketones is 1. The van der Waals surface area contributed by atoms with Crippen LogP contribution in [0.2, 0.25) is 0 Å². The van der Waals surface area contributed by atoms with Crippen LogP contribution >= 0.6 is 0 Å². The summed E-state index contributed by atoms with van der Waals surface area (Å²) < 4.78 is 11.0. The molecule has 1 saturated heterocycles. The van der Waals surface area contributed by atoms with E-state index in [-0.39, 0.29) is 23.1 Å². The third-order valence-corrected chi connectivity index (χ3v) is 4.65. The maximum absolute atomic E-state index is 11.2. The zero-order chi connectivity index (χ0) is 15.4. The third kappa shape index (κ3) is 5.53. The summed E-state index contributed by atoms with van der Waals surface area (Å²) in [7, 11) is 1.78. The number of Topliss-reactive ketones (excluding diaryl/α,β-unsaturated/α-hetero) is 1. The topological polar surface area (TPSA) is 38.8 Å². The highest BCUT2D eigenvalue weighted by Crippen LogP contribution is 2.41. The summed E-state index contributed by atoms with van der Waals surface area (Å²) in [6.07, 6.45) is 6.81. The van der Waals surface area contributed by atoms with Crippen molar-refractivity contribution in [1.82, 2.24) is 0 Å². The molecule has 1 aliphatic rings. The lowest BCUT2D eigenvalue weighted by Gasteiger charge is -2.23. The van der Waals surface area contributed by atoms with Crippen molar-refractivity contribution < 1.29 is 14.3 Å². The maximum atomic E-state index is 11.2. The normalized spacial score (nSPS) is 27.4. The second-order valence-electron chi connectivity index (χ2n) is 7.27. The summed E-state index contributed by atoms with van der Waals surface area (Å²) in [6.45, 7) is 10.3. The van der Waals surface area contributed by atoms with Gasteiger partial charge in [-0.05, 0) is 46.5 Å². The highest BCUT2D eigenvalue weighted by molar-refractivity contribution is 5.84. The molecule has 3 atom stereocenters. The molecule has 1 fully saturated rings. The number of carbonyl (C=O) groups is 1. The highest BCUT2D eigenvalue weighted by atomic mass is 16.6. The monoisotopic (exact) mass is 284 g/mol. The SMILES string of the molecule is COC(C)(C)CCCC(C)CCCC1(C)OC1C(C)=O. The molecule has 0 saturated carbocycles. The standard InChI is InChI=1S/C17H32O3/c1-13(9-7-11-16(3,4)19-6)10-8-12-17(5)15(20-17)14(2)18/h13,15H,7-12H2,1-6H3. The van der Waals surface area contributed by atoms with Gasteiger partial charge < -0.3 is 9.47 Å². The second-order valence-corrected chi connectivity index (χ2v) is 7.27. The van der Waals surface area contributed by atoms with Crippen molar-refractivity contribution in [3.05, 3.63) is 0 Å². The minimum atomic E-state index is -0.163. The smallest absolute Gasteiger partial charge is 0.161 e. The van der Waals surface area contributed by atoms with Gasteiger partial charge in [0.25, 0.3) is 0 Å². The molecular formula is C17H32O3. The molecule has 0 spiro atoms. The lowest BCUT2D eigenvalue weighted by atomic mass is 9.91. The minimum absolute atomic E-state index is 0.00373. The summed E-state index contributed by atoms with van der Waals surface area (Å²) >= 11 is 0. The molecule has 0 N–H and O–H groups in total. The Hall–Kier alpha value is -0.410. The van der Waals surface area contributed by atoms with Gasteiger partial charge in [0.15, 0.2) is 5.78 Å². The number of epoxide rings is 1. The molecule has 20 heavy (non-hydrogen) atoms. The van der Waals surface area contributed by atoms with Crippen molar-refractivity contribution in [2.24, 2.45) is 5.92 Å². The fourth-order valence-corrected chi connectivity index (χ4v) is 2.86. The number of rotatable bonds is 10. The van der Waals surface area contributed by atoms with Gasteiger partial charge in [-0.15, -0.1) is 0 Å². The number of carbonyl (C=O) groups excluding carboxylic acids is 1. The molecule has 3 heteroatoms. The van der Waals surface area contributed by atoms with Crippen molar-refractivity contribution in [3.63, 3.8) is 0 Å². The zero-order valence-electron chi connectivity index (χ0n) is 14.1. The molecule has 3 nitrogen and oxygen atoms in total. The first-order chi connectivity index (χ1) is 9.20. The van der Waals surface area contributed by atoms with E-state index in [0.29, 0.717) is 0 Å². The van der Waals surface area contributed by atoms with E-state index >= 15 is 0 Å². The minimum Gasteiger partial charge on any atom is -0.379 e. The predicted molar refractivity (Wildman–Crippen MR) is 81.9 cm³/mol. The van der Waals surface area contributed by atoms with Crippen molar-refractivity contribution >= 4 is 5.78 Å². The van der Waals surface area contributed by atoms with Crippen LogP contribution in [0.4, 0.5) is 0 Å². The summed E-state index contributed by atoms with van der Waals surface area (Å²) in [5.41, 5.74) is -0.159. The van der Waals surface area contributed by atoms with Crippen molar-refractivity contribution in [1.29, 1.82) is 0 Å². The summed E-state index contributed by atoms with van der Waals surface area (Å²) in [5, 5.41) is 0. The number of hydrogen-bond donors (Lipinski definition) is 0. The van der Waals surface area contributed by atoms with E-state index in [1.807, 2.05) is 0 Å². The fourth-order valence-electron chi connectivity index (χ4n) is 2.86. The van der Waals surface area contributed by atoms with Crippen LogP contribution in [-0.4, -0.2) is 30.2 Å². The van der Waals surface area contributed by atoms with Crippen molar-refractivity contribution in [2.45, 2.75) is 90.4 Å². The number of methoxy groups -OCH3 is 1. The van der Waals surface area contributed by atoms with Gasteiger partial charge >= 0.3 is 0 Å². The van der Waals surface area contributed by atoms with Crippen molar-refractivity contribution in [2.75, 3.05) is 7.11 Å². The van der Waals surface area contributed by atoms with E-state index in [4.69, 9.17) is 9.47 Å². The van der Waals surface area contributed by atoms with E-state index < -0.39 is 0 Å². The van der Waals surface area contributed by atoms with Gasteiger partial charge in [0.05, 0.1) is 11.2 Å². The Morgan fingerprint density at radius 3 is 2.45 bits per heavy atom. The molecule has 0 aliphatic carbocycles. The van der Waals surface area contributed by atoms with Crippen LogP contribution < -0.4 is 0 Å². The van der Waals surface area contributed by atoms with Crippen LogP contribution in [0.3, 0.4) is 0 Å². The molecule has 0 amide bonds. The van der Waals surface area contributed by atoms with E-state index in [9.17, 15) is 4.79 Å². The third-order valence-electron chi connectivity index (χ3n) is 4.65. The van der Waals surface area contributed by atoms with Crippen LogP contribution in [0.15, 0.2) is 0 Å².